The average Bonchev–Trinajstić information content (AvgIpc) is 3.40. The minimum atomic E-state index is -0.795. The van der Waals surface area contributed by atoms with Gasteiger partial charge in [0.05, 0.1) is 12.2 Å². The second-order valence-electron chi connectivity index (χ2n) is 5.62. The lowest BCUT2D eigenvalue weighted by atomic mass is 10.2. The van der Waals surface area contributed by atoms with Crippen LogP contribution in [-0.4, -0.2) is 22.0 Å². The van der Waals surface area contributed by atoms with Gasteiger partial charge < -0.3 is 10.1 Å². The van der Waals surface area contributed by atoms with Gasteiger partial charge in [-0.2, -0.15) is 0 Å². The molecule has 1 fully saturated rings. The largest absolute Gasteiger partial charge is 0.478 e. The van der Waals surface area contributed by atoms with Crippen LogP contribution < -0.4 is 10.1 Å². The molecule has 0 spiro atoms. The minimum Gasteiger partial charge on any atom is -0.478 e. The van der Waals surface area contributed by atoms with Crippen LogP contribution in [0.4, 0.5) is 4.39 Å². The number of nitrogens with one attached hydrogen (secondary N) is 1. The first-order chi connectivity index (χ1) is 11.1. The number of halogens is 1. The maximum Gasteiger partial charge on any atom is 0.261 e. The van der Waals surface area contributed by atoms with Gasteiger partial charge in [-0.05, 0) is 38.0 Å². The van der Waals surface area contributed by atoms with Gasteiger partial charge in [0.2, 0.25) is 0 Å². The predicted octanol–water partition coefficient (Wildman–Crippen LogP) is 2.58. The fourth-order valence-electron chi connectivity index (χ4n) is 2.22. The molecule has 1 amide bonds. The van der Waals surface area contributed by atoms with Gasteiger partial charge in [-0.3, -0.25) is 4.79 Å². The van der Waals surface area contributed by atoms with E-state index < -0.39 is 11.9 Å². The Bertz CT molecular complexity index is 704. The zero-order chi connectivity index (χ0) is 16.2. The van der Waals surface area contributed by atoms with E-state index in [-0.39, 0.29) is 11.7 Å². The van der Waals surface area contributed by atoms with E-state index in [1.165, 1.54) is 18.5 Å². The predicted molar refractivity (Wildman–Crippen MR) is 82.3 cm³/mol. The quantitative estimate of drug-likeness (QED) is 0.890. The summed E-state index contributed by atoms with van der Waals surface area (Å²) in [5.41, 5.74) is 1.79. The summed E-state index contributed by atoms with van der Waals surface area (Å²) in [5, 5.41) is 2.75. The van der Waals surface area contributed by atoms with E-state index in [0.717, 1.165) is 24.2 Å². The fraction of sp³-hybridized carbons (Fsp3) is 0.353. The second-order valence-corrected chi connectivity index (χ2v) is 5.62. The first-order valence-electron chi connectivity index (χ1n) is 7.63. The number of carbonyl (C=O) groups excluding carboxylic acids is 1. The molecule has 0 radical (unpaired) electrons. The minimum absolute atomic E-state index is 0.0632. The summed E-state index contributed by atoms with van der Waals surface area (Å²) in [7, 11) is 0. The molecule has 1 N–H and O–H groups in total. The van der Waals surface area contributed by atoms with E-state index in [9.17, 15) is 9.18 Å². The third-order valence-electron chi connectivity index (χ3n) is 3.69. The lowest BCUT2D eigenvalue weighted by molar-refractivity contribution is -0.127. The standard InChI is InChI=1S/C17H18FN3O2/c1-11(23-16-5-3-2-4-14(16)18)17(22)19-9-13-8-15(12-6-7-12)21-10-20-13/h2-5,8,10-12H,6-7,9H2,1H3,(H,19,22). The average molecular weight is 315 g/mol. The Labute approximate surface area is 133 Å². The summed E-state index contributed by atoms with van der Waals surface area (Å²) < 4.78 is 18.9. The van der Waals surface area contributed by atoms with Crippen LogP contribution >= 0.6 is 0 Å². The maximum absolute atomic E-state index is 13.5. The number of hydrogen-bond donors (Lipinski definition) is 1. The number of benzene rings is 1. The molecule has 1 unspecified atom stereocenters. The number of carbonyl (C=O) groups is 1. The van der Waals surface area contributed by atoms with Crippen molar-refractivity contribution < 1.29 is 13.9 Å². The zero-order valence-electron chi connectivity index (χ0n) is 12.8. The lowest BCUT2D eigenvalue weighted by Gasteiger charge is -2.15. The molecule has 2 aromatic rings. The highest BCUT2D eigenvalue weighted by atomic mass is 19.1. The number of nitrogens with zero attached hydrogens (tertiary/aromatic N) is 2. The topological polar surface area (TPSA) is 64.1 Å². The molecular formula is C17H18FN3O2. The first-order valence-corrected chi connectivity index (χ1v) is 7.63. The highest BCUT2D eigenvalue weighted by molar-refractivity contribution is 5.80. The highest BCUT2D eigenvalue weighted by Crippen LogP contribution is 2.38. The molecule has 23 heavy (non-hydrogen) atoms. The van der Waals surface area contributed by atoms with E-state index in [1.807, 2.05) is 6.07 Å². The van der Waals surface area contributed by atoms with Gasteiger partial charge in [0, 0.05) is 11.6 Å². The van der Waals surface area contributed by atoms with Gasteiger partial charge in [-0.1, -0.05) is 12.1 Å². The Morgan fingerprint density at radius 2 is 2.17 bits per heavy atom. The summed E-state index contributed by atoms with van der Waals surface area (Å²) >= 11 is 0. The van der Waals surface area contributed by atoms with Crippen LogP contribution in [0.1, 0.15) is 37.1 Å². The number of para-hydroxylation sites is 1. The maximum atomic E-state index is 13.5. The molecule has 6 heteroatoms. The van der Waals surface area contributed by atoms with E-state index in [1.54, 1.807) is 19.1 Å². The monoisotopic (exact) mass is 315 g/mol. The molecule has 120 valence electrons. The van der Waals surface area contributed by atoms with Crippen LogP contribution in [-0.2, 0) is 11.3 Å². The molecule has 1 aromatic heterocycles. The Balaban J connectivity index is 1.54. The molecule has 5 nitrogen and oxygen atoms in total. The van der Waals surface area contributed by atoms with Crippen LogP contribution in [0, 0.1) is 5.82 Å². The van der Waals surface area contributed by atoms with E-state index in [4.69, 9.17) is 4.74 Å². The molecule has 0 bridgehead atoms. The van der Waals surface area contributed by atoms with Crippen LogP contribution in [0.3, 0.4) is 0 Å². The molecule has 1 atom stereocenters. The number of aromatic nitrogens is 2. The van der Waals surface area contributed by atoms with Crippen molar-refractivity contribution in [3.8, 4) is 5.75 Å². The van der Waals surface area contributed by atoms with E-state index in [0.29, 0.717) is 12.5 Å². The van der Waals surface area contributed by atoms with Crippen molar-refractivity contribution >= 4 is 5.91 Å². The van der Waals surface area contributed by atoms with Gasteiger partial charge >= 0.3 is 0 Å². The number of amides is 1. The zero-order valence-corrected chi connectivity index (χ0v) is 12.8. The van der Waals surface area contributed by atoms with Crippen molar-refractivity contribution in [2.24, 2.45) is 0 Å². The number of rotatable bonds is 6. The summed E-state index contributed by atoms with van der Waals surface area (Å²) in [6.07, 6.45) is 3.05. The molecule has 1 heterocycles. The van der Waals surface area contributed by atoms with Gasteiger partial charge in [0.1, 0.15) is 6.33 Å². The third-order valence-corrected chi connectivity index (χ3v) is 3.69. The fourth-order valence-corrected chi connectivity index (χ4v) is 2.22. The third kappa shape index (κ3) is 4.03. The van der Waals surface area contributed by atoms with Crippen LogP contribution in [0.2, 0.25) is 0 Å². The van der Waals surface area contributed by atoms with Crippen molar-refractivity contribution in [3.63, 3.8) is 0 Å². The Hall–Kier alpha value is -2.50. The molecule has 3 rings (SSSR count). The normalized spacial score (nSPS) is 15.0. The van der Waals surface area contributed by atoms with Crippen molar-refractivity contribution in [1.29, 1.82) is 0 Å². The summed E-state index contributed by atoms with van der Waals surface area (Å²) in [5.74, 6) is -0.208. The van der Waals surface area contributed by atoms with Crippen LogP contribution in [0.15, 0.2) is 36.7 Å². The molecule has 1 aliphatic rings. The Kier molecular flexibility index (Phi) is 4.50. The van der Waals surface area contributed by atoms with Crippen molar-refractivity contribution in [3.05, 3.63) is 53.9 Å². The Morgan fingerprint density at radius 3 is 2.91 bits per heavy atom. The van der Waals surface area contributed by atoms with Crippen molar-refractivity contribution in [1.82, 2.24) is 15.3 Å². The molecule has 1 aromatic carbocycles. The smallest absolute Gasteiger partial charge is 0.261 e. The van der Waals surface area contributed by atoms with Gasteiger partial charge in [0.15, 0.2) is 17.7 Å². The van der Waals surface area contributed by atoms with Crippen LogP contribution in [0.5, 0.6) is 5.75 Å². The Morgan fingerprint density at radius 1 is 1.39 bits per heavy atom. The van der Waals surface area contributed by atoms with Gasteiger partial charge in [-0.25, -0.2) is 14.4 Å². The number of ether oxygens (including phenoxy) is 1. The molecule has 0 aliphatic heterocycles. The van der Waals surface area contributed by atoms with Crippen molar-refractivity contribution in [2.45, 2.75) is 38.3 Å². The summed E-state index contributed by atoms with van der Waals surface area (Å²) in [6.45, 7) is 1.88. The van der Waals surface area contributed by atoms with Gasteiger partial charge in [0.25, 0.3) is 5.91 Å². The number of hydrogen-bond acceptors (Lipinski definition) is 4. The SMILES string of the molecule is CC(Oc1ccccc1F)C(=O)NCc1cc(C2CC2)ncn1. The molecule has 1 aliphatic carbocycles. The van der Waals surface area contributed by atoms with E-state index >= 15 is 0 Å². The first kappa shape index (κ1) is 15.4. The highest BCUT2D eigenvalue weighted by Gasteiger charge is 2.25. The molecule has 0 saturated heterocycles. The van der Waals surface area contributed by atoms with E-state index in [2.05, 4.69) is 15.3 Å². The summed E-state index contributed by atoms with van der Waals surface area (Å²) in [4.78, 5) is 20.5. The van der Waals surface area contributed by atoms with Crippen molar-refractivity contribution in [2.75, 3.05) is 0 Å². The lowest BCUT2D eigenvalue weighted by Crippen LogP contribution is -2.36. The van der Waals surface area contributed by atoms with Gasteiger partial charge in [-0.15, -0.1) is 0 Å². The molecule has 1 saturated carbocycles. The van der Waals surface area contributed by atoms with Crippen LogP contribution in [0.25, 0.3) is 0 Å². The second kappa shape index (κ2) is 6.73. The summed E-state index contributed by atoms with van der Waals surface area (Å²) in [6, 6.07) is 7.93. The molecular weight excluding hydrogens is 297 g/mol.